The molecule has 1 aromatic carbocycles. The minimum Gasteiger partial charge on any atom is -0.334 e. The van der Waals surface area contributed by atoms with Gasteiger partial charge in [-0.3, -0.25) is 4.79 Å². The molecule has 1 aromatic heterocycles. The highest BCUT2D eigenvalue weighted by molar-refractivity contribution is 6.18. The second-order valence-corrected chi connectivity index (χ2v) is 4.41. The lowest BCUT2D eigenvalue weighted by Crippen LogP contribution is -2.12. The number of hydrogen-bond acceptors (Lipinski definition) is 4. The van der Waals surface area contributed by atoms with Crippen LogP contribution < -0.4 is 5.32 Å². The molecule has 1 N–H and O–H groups in total. The molecular weight excluding hydrogens is 266 g/mol. The van der Waals surface area contributed by atoms with E-state index in [1.807, 2.05) is 18.2 Å². The van der Waals surface area contributed by atoms with Crippen molar-refractivity contribution in [3.8, 4) is 11.5 Å². The van der Waals surface area contributed by atoms with Gasteiger partial charge in [0.1, 0.15) is 0 Å². The highest BCUT2D eigenvalue weighted by atomic mass is 35.5. The predicted molar refractivity (Wildman–Crippen MR) is 73.1 cm³/mol. The number of nitrogens with zero attached hydrogens (tertiary/aromatic N) is 2. The zero-order chi connectivity index (χ0) is 13.7. The molecular formula is C13H14ClN3O2. The van der Waals surface area contributed by atoms with E-state index < -0.39 is 0 Å². The molecule has 1 heterocycles. The number of carbonyl (C=O) groups excluding carboxylic acids is 1. The smallest absolute Gasteiger partial charge is 0.260 e. The Bertz CT molecular complexity index is 569. The van der Waals surface area contributed by atoms with Crippen molar-refractivity contribution in [1.29, 1.82) is 0 Å². The van der Waals surface area contributed by atoms with E-state index in [1.165, 1.54) is 0 Å². The van der Waals surface area contributed by atoms with Gasteiger partial charge in [-0.25, -0.2) is 0 Å². The second kappa shape index (κ2) is 6.33. The van der Waals surface area contributed by atoms with Crippen molar-refractivity contribution in [3.63, 3.8) is 0 Å². The van der Waals surface area contributed by atoms with Gasteiger partial charge in [0.2, 0.25) is 5.91 Å². The van der Waals surface area contributed by atoms with E-state index in [2.05, 4.69) is 15.5 Å². The maximum atomic E-state index is 11.7. The van der Waals surface area contributed by atoms with E-state index in [0.717, 1.165) is 0 Å². The van der Waals surface area contributed by atoms with Crippen LogP contribution in [0, 0.1) is 6.92 Å². The molecule has 0 saturated carbocycles. The van der Waals surface area contributed by atoms with Crippen LogP contribution in [0.2, 0.25) is 0 Å². The van der Waals surface area contributed by atoms with Crippen LogP contribution >= 0.6 is 11.6 Å². The fourth-order valence-corrected chi connectivity index (χ4v) is 1.76. The number of benzene rings is 1. The molecule has 1 amide bonds. The number of aromatic nitrogens is 2. The van der Waals surface area contributed by atoms with Gasteiger partial charge in [-0.2, -0.15) is 4.98 Å². The van der Waals surface area contributed by atoms with E-state index >= 15 is 0 Å². The first-order chi connectivity index (χ1) is 9.20. The minimum atomic E-state index is -0.0793. The molecule has 0 spiro atoms. The lowest BCUT2D eigenvalue weighted by Gasteiger charge is -2.07. The fourth-order valence-electron chi connectivity index (χ4n) is 1.63. The highest BCUT2D eigenvalue weighted by Crippen LogP contribution is 2.26. The Morgan fingerprint density at radius 3 is 2.89 bits per heavy atom. The van der Waals surface area contributed by atoms with Gasteiger partial charge >= 0.3 is 0 Å². The summed E-state index contributed by atoms with van der Waals surface area (Å²) in [4.78, 5) is 15.9. The Morgan fingerprint density at radius 2 is 2.21 bits per heavy atom. The number of para-hydroxylation sites is 1. The minimum absolute atomic E-state index is 0.0793. The molecule has 0 saturated heterocycles. The summed E-state index contributed by atoms with van der Waals surface area (Å²) in [6, 6.07) is 7.31. The van der Waals surface area contributed by atoms with Crippen molar-refractivity contribution in [2.45, 2.75) is 19.8 Å². The van der Waals surface area contributed by atoms with Crippen molar-refractivity contribution < 1.29 is 9.32 Å². The molecule has 2 aromatic rings. The molecule has 0 radical (unpaired) electrons. The monoisotopic (exact) mass is 279 g/mol. The molecule has 0 aliphatic carbocycles. The van der Waals surface area contributed by atoms with Gasteiger partial charge < -0.3 is 9.84 Å². The van der Waals surface area contributed by atoms with Crippen LogP contribution in [0.1, 0.15) is 18.7 Å². The molecule has 0 fully saturated rings. The summed E-state index contributed by atoms with van der Waals surface area (Å²) in [5.41, 5.74) is 1.37. The maximum Gasteiger partial charge on any atom is 0.260 e. The van der Waals surface area contributed by atoms with E-state index in [-0.39, 0.29) is 5.91 Å². The molecule has 0 aliphatic heterocycles. The van der Waals surface area contributed by atoms with Crippen LogP contribution in [0.25, 0.3) is 11.5 Å². The topological polar surface area (TPSA) is 68.0 Å². The zero-order valence-electron chi connectivity index (χ0n) is 10.5. The number of amides is 1. The van der Waals surface area contributed by atoms with E-state index in [1.54, 1.807) is 13.0 Å². The summed E-state index contributed by atoms with van der Waals surface area (Å²) in [5, 5.41) is 6.57. The van der Waals surface area contributed by atoms with Gasteiger partial charge in [0.05, 0.1) is 11.3 Å². The summed E-state index contributed by atoms with van der Waals surface area (Å²) in [7, 11) is 0. The summed E-state index contributed by atoms with van der Waals surface area (Å²) >= 11 is 5.57. The van der Waals surface area contributed by atoms with Crippen LogP contribution in [0.4, 0.5) is 5.69 Å². The molecule has 2 rings (SSSR count). The SMILES string of the molecule is Cc1noc(-c2ccccc2NC(=O)CCCCl)n1. The number of carbonyl (C=O) groups is 1. The summed E-state index contributed by atoms with van der Waals surface area (Å²) < 4.78 is 5.12. The van der Waals surface area contributed by atoms with Crippen molar-refractivity contribution in [3.05, 3.63) is 30.1 Å². The lowest BCUT2D eigenvalue weighted by molar-refractivity contribution is -0.116. The Balaban J connectivity index is 2.19. The van der Waals surface area contributed by atoms with Gasteiger partial charge in [-0.05, 0) is 25.5 Å². The number of hydrogen-bond donors (Lipinski definition) is 1. The average molecular weight is 280 g/mol. The van der Waals surface area contributed by atoms with Crippen molar-refractivity contribution in [1.82, 2.24) is 10.1 Å². The van der Waals surface area contributed by atoms with E-state index in [0.29, 0.717) is 41.7 Å². The van der Waals surface area contributed by atoms with Crippen LogP contribution in [-0.2, 0) is 4.79 Å². The maximum absolute atomic E-state index is 11.7. The fraction of sp³-hybridized carbons (Fsp3) is 0.308. The van der Waals surface area contributed by atoms with Crippen LogP contribution in [-0.4, -0.2) is 21.9 Å². The number of aryl methyl sites for hydroxylation is 1. The number of alkyl halides is 1. The van der Waals surface area contributed by atoms with Gasteiger partial charge in [-0.1, -0.05) is 17.3 Å². The quantitative estimate of drug-likeness (QED) is 0.854. The first-order valence-electron chi connectivity index (χ1n) is 5.96. The number of rotatable bonds is 5. The molecule has 6 heteroatoms. The Labute approximate surface area is 116 Å². The van der Waals surface area contributed by atoms with Crippen molar-refractivity contribution >= 4 is 23.2 Å². The normalized spacial score (nSPS) is 10.4. The zero-order valence-corrected chi connectivity index (χ0v) is 11.3. The van der Waals surface area contributed by atoms with Gasteiger partial charge in [-0.15, -0.1) is 11.6 Å². The summed E-state index contributed by atoms with van der Waals surface area (Å²) in [6.45, 7) is 1.74. The number of anilines is 1. The molecule has 100 valence electrons. The highest BCUT2D eigenvalue weighted by Gasteiger charge is 2.12. The molecule has 0 aliphatic rings. The van der Waals surface area contributed by atoms with Crippen LogP contribution in [0.5, 0.6) is 0 Å². The number of nitrogens with one attached hydrogen (secondary N) is 1. The standard InChI is InChI=1S/C13H14ClN3O2/c1-9-15-13(19-17-9)10-5-2-3-6-11(10)16-12(18)7-4-8-14/h2-3,5-6H,4,7-8H2,1H3,(H,16,18). The predicted octanol–water partition coefficient (Wildman–Crippen LogP) is 3.00. The molecule has 0 bridgehead atoms. The van der Waals surface area contributed by atoms with Crippen molar-refractivity contribution in [2.24, 2.45) is 0 Å². The van der Waals surface area contributed by atoms with Crippen LogP contribution in [0.15, 0.2) is 28.8 Å². The largest absolute Gasteiger partial charge is 0.334 e. The molecule has 0 atom stereocenters. The Hall–Kier alpha value is -1.88. The summed E-state index contributed by atoms with van der Waals surface area (Å²) in [5.74, 6) is 1.34. The summed E-state index contributed by atoms with van der Waals surface area (Å²) in [6.07, 6.45) is 1.04. The number of halogens is 1. The Kier molecular flexibility index (Phi) is 4.52. The van der Waals surface area contributed by atoms with Crippen LogP contribution in [0.3, 0.4) is 0 Å². The lowest BCUT2D eigenvalue weighted by atomic mass is 10.1. The van der Waals surface area contributed by atoms with E-state index in [9.17, 15) is 4.79 Å². The first kappa shape index (κ1) is 13.5. The molecule has 19 heavy (non-hydrogen) atoms. The third-order valence-electron chi connectivity index (χ3n) is 2.50. The third kappa shape index (κ3) is 3.54. The molecule has 0 unspecified atom stereocenters. The molecule has 5 nitrogen and oxygen atoms in total. The van der Waals surface area contributed by atoms with Gasteiger partial charge in [0, 0.05) is 12.3 Å². The van der Waals surface area contributed by atoms with E-state index in [4.69, 9.17) is 16.1 Å². The second-order valence-electron chi connectivity index (χ2n) is 4.03. The van der Waals surface area contributed by atoms with Crippen molar-refractivity contribution in [2.75, 3.05) is 11.2 Å². The third-order valence-corrected chi connectivity index (χ3v) is 2.76. The Morgan fingerprint density at radius 1 is 1.42 bits per heavy atom. The first-order valence-corrected chi connectivity index (χ1v) is 6.49. The average Bonchev–Trinajstić information content (AvgIpc) is 2.83. The van der Waals surface area contributed by atoms with Gasteiger partial charge in [0.25, 0.3) is 5.89 Å². The van der Waals surface area contributed by atoms with Gasteiger partial charge in [0.15, 0.2) is 5.82 Å².